The highest BCUT2D eigenvalue weighted by Crippen LogP contribution is 2.39. The molecule has 2 aromatic rings. The van der Waals surface area contributed by atoms with Gasteiger partial charge in [0.15, 0.2) is 0 Å². The van der Waals surface area contributed by atoms with Gasteiger partial charge >= 0.3 is 6.18 Å². The van der Waals surface area contributed by atoms with Crippen LogP contribution in [0.2, 0.25) is 0 Å². The van der Waals surface area contributed by atoms with Crippen LogP contribution in [0.1, 0.15) is 43.5 Å². The van der Waals surface area contributed by atoms with Crippen molar-refractivity contribution >= 4 is 16.9 Å². The Morgan fingerprint density at radius 1 is 1.12 bits per heavy atom. The number of rotatable bonds is 6. The lowest BCUT2D eigenvalue weighted by atomic mass is 9.99. The van der Waals surface area contributed by atoms with Gasteiger partial charge in [-0.15, -0.1) is 0 Å². The van der Waals surface area contributed by atoms with Gasteiger partial charge in [-0.25, -0.2) is 12.9 Å². The number of carbonyl (C=O) groups is 1. The average molecular weight is 471 g/mol. The highest BCUT2D eigenvalue weighted by atomic mass is 32.2. The molecule has 1 aliphatic heterocycles. The summed E-state index contributed by atoms with van der Waals surface area (Å²) in [5, 5.41) is 0. The lowest BCUT2D eigenvalue weighted by Gasteiger charge is -2.33. The normalized spacial score (nSPS) is 16.2. The molecule has 1 aliphatic rings. The van der Waals surface area contributed by atoms with Crippen molar-refractivity contribution in [3.05, 3.63) is 65.0 Å². The molecule has 2 atom stereocenters. The number of hydrogen-bond acceptors (Lipinski definition) is 2. The summed E-state index contributed by atoms with van der Waals surface area (Å²) in [6.07, 6.45) is -4.07. The monoisotopic (exact) mass is 470 g/mol. The molecular formula is C23H26F4N2O2S. The maximum atomic E-state index is 14.0. The third kappa shape index (κ3) is 5.20. The summed E-state index contributed by atoms with van der Waals surface area (Å²) in [6.45, 7) is 5.91. The molecule has 3 rings (SSSR count). The zero-order valence-electron chi connectivity index (χ0n) is 18.2. The van der Waals surface area contributed by atoms with E-state index >= 15 is 0 Å². The Balaban J connectivity index is 1.93. The van der Waals surface area contributed by atoms with Crippen LogP contribution in [0.25, 0.3) is 0 Å². The van der Waals surface area contributed by atoms with Crippen molar-refractivity contribution in [1.29, 1.82) is 0 Å². The molecule has 1 heterocycles. The van der Waals surface area contributed by atoms with E-state index in [2.05, 4.69) is 0 Å². The molecule has 2 aromatic carbocycles. The number of hydrogen-bond donors (Lipinski definition) is 0. The van der Waals surface area contributed by atoms with Gasteiger partial charge in [0.25, 0.3) is 0 Å². The minimum absolute atomic E-state index is 0.00538. The van der Waals surface area contributed by atoms with Crippen molar-refractivity contribution < 1.29 is 26.6 Å². The Kier molecular flexibility index (Phi) is 7.39. The molecule has 0 spiro atoms. The van der Waals surface area contributed by atoms with Crippen LogP contribution >= 0.6 is 0 Å². The second-order valence-corrected chi connectivity index (χ2v) is 9.51. The molecule has 2 unspecified atom stereocenters. The maximum absolute atomic E-state index is 14.0. The summed E-state index contributed by atoms with van der Waals surface area (Å²) in [6, 6.07) is 6.89. The second kappa shape index (κ2) is 9.70. The third-order valence-corrected chi connectivity index (χ3v) is 7.06. The Labute approximate surface area is 187 Å². The number of halogens is 4. The fraction of sp³-hybridized carbons (Fsp3) is 0.435. The number of carbonyl (C=O) groups excluding carboxylic acids is 1. The van der Waals surface area contributed by atoms with Crippen molar-refractivity contribution in [2.45, 2.75) is 50.9 Å². The van der Waals surface area contributed by atoms with Gasteiger partial charge in [-0.3, -0.25) is 4.79 Å². The van der Waals surface area contributed by atoms with E-state index in [1.54, 1.807) is 23.1 Å². The van der Waals surface area contributed by atoms with Crippen LogP contribution in [-0.2, 0) is 28.7 Å². The van der Waals surface area contributed by atoms with E-state index in [0.717, 1.165) is 39.7 Å². The molecule has 0 radical (unpaired) electrons. The maximum Gasteiger partial charge on any atom is 0.409 e. The number of benzene rings is 2. The molecule has 0 aromatic heterocycles. The zero-order valence-corrected chi connectivity index (χ0v) is 19.0. The van der Waals surface area contributed by atoms with Gasteiger partial charge in [-0.05, 0) is 47.4 Å². The highest BCUT2D eigenvalue weighted by molar-refractivity contribution is 7.82. The van der Waals surface area contributed by atoms with Crippen LogP contribution in [-0.4, -0.2) is 38.6 Å². The summed E-state index contributed by atoms with van der Waals surface area (Å²) < 4.78 is 69.4. The summed E-state index contributed by atoms with van der Waals surface area (Å²) in [5.41, 5.74) is 1.60. The molecule has 4 nitrogen and oxygen atoms in total. The number of fused-ring (bicyclic) bond motifs is 1. The topological polar surface area (TPSA) is 40.6 Å². The minimum Gasteiger partial charge on any atom is -0.338 e. The number of amides is 1. The minimum atomic E-state index is -4.71. The molecule has 0 saturated heterocycles. The molecule has 0 bridgehead atoms. The zero-order chi connectivity index (χ0) is 23.6. The highest BCUT2D eigenvalue weighted by Gasteiger charge is 2.46. The van der Waals surface area contributed by atoms with Crippen molar-refractivity contribution in [1.82, 2.24) is 9.21 Å². The quantitative estimate of drug-likeness (QED) is 0.557. The smallest absolute Gasteiger partial charge is 0.338 e. The Morgan fingerprint density at radius 3 is 2.34 bits per heavy atom. The molecule has 0 aliphatic carbocycles. The summed E-state index contributed by atoms with van der Waals surface area (Å²) in [5.74, 6) is -0.799. The molecule has 1 amide bonds. The van der Waals surface area contributed by atoms with Crippen LogP contribution < -0.4 is 0 Å². The molecule has 9 heteroatoms. The van der Waals surface area contributed by atoms with Gasteiger partial charge < -0.3 is 4.90 Å². The molecular weight excluding hydrogens is 444 g/mol. The van der Waals surface area contributed by atoms with Crippen molar-refractivity contribution in [2.24, 2.45) is 5.92 Å². The lowest BCUT2D eigenvalue weighted by Crippen LogP contribution is -2.40. The summed E-state index contributed by atoms with van der Waals surface area (Å²) in [4.78, 5) is 14.3. The van der Waals surface area contributed by atoms with E-state index in [9.17, 15) is 26.6 Å². The van der Waals surface area contributed by atoms with Gasteiger partial charge in [0.1, 0.15) is 22.8 Å². The van der Waals surface area contributed by atoms with E-state index in [0.29, 0.717) is 19.5 Å². The molecule has 0 saturated carbocycles. The summed E-state index contributed by atoms with van der Waals surface area (Å²) in [7, 11) is -2.12. The van der Waals surface area contributed by atoms with Crippen LogP contribution in [0.3, 0.4) is 0 Å². The van der Waals surface area contributed by atoms with Crippen molar-refractivity contribution in [2.75, 3.05) is 13.1 Å². The van der Waals surface area contributed by atoms with Gasteiger partial charge in [0.05, 0.1) is 4.90 Å². The molecule has 0 N–H and O–H groups in total. The lowest BCUT2D eigenvalue weighted by molar-refractivity contribution is -0.172. The van der Waals surface area contributed by atoms with Crippen LogP contribution in [0.15, 0.2) is 47.4 Å². The number of alkyl halides is 3. The Hall–Kier alpha value is -2.26. The molecule has 0 fully saturated rings. The number of nitrogens with zero attached hydrogens (tertiary/aromatic N) is 2. The van der Waals surface area contributed by atoms with E-state index in [4.69, 9.17) is 0 Å². The summed E-state index contributed by atoms with van der Waals surface area (Å²) >= 11 is 0. The molecule has 174 valence electrons. The first-order valence-corrected chi connectivity index (χ1v) is 11.5. The predicted molar refractivity (Wildman–Crippen MR) is 114 cm³/mol. The standard InChI is InChI=1S/C23H26F4N2O2S/c1-4-29(21(23(25,26)27)17-5-8-19(24)9-6-17)32(31)20-10-7-16-11-12-28(14-18(16)13-20)22(30)15(2)3/h5-10,13,15,21H,4,11-12,14H2,1-3H3. The van der Waals surface area contributed by atoms with Gasteiger partial charge in [-0.1, -0.05) is 39.0 Å². The van der Waals surface area contributed by atoms with Crippen molar-refractivity contribution in [3.63, 3.8) is 0 Å². The van der Waals surface area contributed by atoms with Gasteiger partial charge in [-0.2, -0.15) is 13.2 Å². The largest absolute Gasteiger partial charge is 0.409 e. The fourth-order valence-corrected chi connectivity index (χ4v) is 5.26. The van der Waals surface area contributed by atoms with E-state index in [1.807, 2.05) is 13.8 Å². The van der Waals surface area contributed by atoms with Crippen molar-refractivity contribution in [3.8, 4) is 0 Å². The van der Waals surface area contributed by atoms with E-state index < -0.39 is 29.0 Å². The first kappa shape index (κ1) is 24.4. The fourth-order valence-electron chi connectivity index (χ4n) is 3.89. The predicted octanol–water partition coefficient (Wildman–Crippen LogP) is 5.01. The van der Waals surface area contributed by atoms with Gasteiger partial charge in [0.2, 0.25) is 5.91 Å². The Bertz CT molecular complexity index is 992. The van der Waals surface area contributed by atoms with Crippen LogP contribution in [0, 0.1) is 11.7 Å². The third-order valence-electron chi connectivity index (χ3n) is 5.51. The van der Waals surface area contributed by atoms with E-state index in [1.165, 1.54) is 6.92 Å². The Morgan fingerprint density at radius 2 is 1.78 bits per heavy atom. The average Bonchev–Trinajstić information content (AvgIpc) is 2.75. The van der Waals surface area contributed by atoms with E-state index in [-0.39, 0.29) is 28.8 Å². The SMILES string of the molecule is CCN(C(c1ccc(F)cc1)C(F)(F)F)S(=O)c1ccc2c(c1)CN(C(=O)C(C)C)CC2. The molecule has 32 heavy (non-hydrogen) atoms. The second-order valence-electron chi connectivity index (χ2n) is 8.07. The van der Waals surface area contributed by atoms with Gasteiger partial charge in [0, 0.05) is 25.6 Å². The van der Waals surface area contributed by atoms with Crippen LogP contribution in [0.4, 0.5) is 17.6 Å². The first-order valence-electron chi connectivity index (χ1n) is 10.4. The van der Waals surface area contributed by atoms with Crippen LogP contribution in [0.5, 0.6) is 0 Å². The first-order chi connectivity index (χ1) is 15.0.